The Morgan fingerprint density at radius 3 is 2.29 bits per heavy atom. The van der Waals surface area contributed by atoms with E-state index in [1.165, 1.54) is 0 Å². The van der Waals surface area contributed by atoms with Crippen molar-refractivity contribution in [2.75, 3.05) is 5.73 Å². The van der Waals surface area contributed by atoms with Crippen molar-refractivity contribution in [2.24, 2.45) is 5.73 Å². The van der Waals surface area contributed by atoms with E-state index in [1.807, 2.05) is 24.3 Å². The molecule has 0 spiro atoms. The molecule has 0 bridgehead atoms. The molecule has 0 fully saturated rings. The largest absolute Gasteiger partial charge is 0.444 e. The van der Waals surface area contributed by atoms with E-state index in [9.17, 15) is 14.4 Å². The number of fused-ring (bicyclic) bond motifs is 1. The second-order valence-corrected chi connectivity index (χ2v) is 9.17. The number of H-pyrrole nitrogens is 1. The van der Waals surface area contributed by atoms with Crippen LogP contribution in [0.15, 0.2) is 54.7 Å². The Kier molecular flexibility index (Phi) is 7.45. The molecule has 3 rings (SSSR count). The molecule has 0 radical (unpaired) electrons. The molecule has 0 aliphatic heterocycles. The number of carbonyl (C=O) groups excluding carboxylic acids is 3. The highest BCUT2D eigenvalue weighted by Gasteiger charge is 2.28. The highest BCUT2D eigenvalue weighted by atomic mass is 16.6. The number of hydrogen-bond donors (Lipinski definition) is 5. The van der Waals surface area contributed by atoms with Gasteiger partial charge < -0.3 is 31.8 Å². The summed E-state index contributed by atoms with van der Waals surface area (Å²) in [4.78, 5) is 41.0. The number of rotatable bonds is 8. The van der Waals surface area contributed by atoms with E-state index >= 15 is 0 Å². The van der Waals surface area contributed by atoms with Crippen LogP contribution in [0.4, 0.5) is 10.5 Å². The van der Waals surface area contributed by atoms with Crippen molar-refractivity contribution in [1.82, 2.24) is 15.6 Å². The number of anilines is 1. The summed E-state index contributed by atoms with van der Waals surface area (Å²) in [5.41, 5.74) is 13.7. The van der Waals surface area contributed by atoms with Crippen LogP contribution >= 0.6 is 0 Å². The van der Waals surface area contributed by atoms with Gasteiger partial charge in [-0.25, -0.2) is 4.79 Å². The van der Waals surface area contributed by atoms with Crippen LogP contribution in [0.5, 0.6) is 0 Å². The third-order valence-corrected chi connectivity index (χ3v) is 5.19. The van der Waals surface area contributed by atoms with Gasteiger partial charge in [0.2, 0.25) is 11.8 Å². The smallest absolute Gasteiger partial charge is 0.408 e. The first-order chi connectivity index (χ1) is 16.0. The Bertz CT molecular complexity index is 1160. The molecule has 0 saturated carbocycles. The maximum absolute atomic E-state index is 13.2. The van der Waals surface area contributed by atoms with Gasteiger partial charge in [-0.1, -0.05) is 30.3 Å². The average molecular weight is 466 g/mol. The molecule has 1 heterocycles. The number of nitrogen functional groups attached to an aromatic ring is 1. The Morgan fingerprint density at radius 1 is 0.971 bits per heavy atom. The summed E-state index contributed by atoms with van der Waals surface area (Å²) >= 11 is 0. The number of alkyl carbamates (subject to hydrolysis) is 1. The lowest BCUT2D eigenvalue weighted by molar-refractivity contribution is -0.128. The van der Waals surface area contributed by atoms with Gasteiger partial charge >= 0.3 is 6.09 Å². The molecule has 2 atom stereocenters. The number of aromatic amines is 1. The molecule has 9 nitrogen and oxygen atoms in total. The van der Waals surface area contributed by atoms with E-state index in [1.54, 1.807) is 51.2 Å². The zero-order valence-electron chi connectivity index (χ0n) is 19.6. The summed E-state index contributed by atoms with van der Waals surface area (Å²) in [5, 5.41) is 6.24. The first kappa shape index (κ1) is 24.6. The van der Waals surface area contributed by atoms with Crippen molar-refractivity contribution in [2.45, 2.75) is 51.3 Å². The van der Waals surface area contributed by atoms with Gasteiger partial charge in [-0.2, -0.15) is 0 Å². The van der Waals surface area contributed by atoms with Gasteiger partial charge in [0.15, 0.2) is 0 Å². The highest BCUT2D eigenvalue weighted by molar-refractivity contribution is 5.92. The van der Waals surface area contributed by atoms with Crippen molar-refractivity contribution in [3.8, 4) is 0 Å². The molecule has 0 aliphatic carbocycles. The molecular weight excluding hydrogens is 434 g/mol. The lowest BCUT2D eigenvalue weighted by atomic mass is 10.0. The Balaban J connectivity index is 1.78. The van der Waals surface area contributed by atoms with Crippen molar-refractivity contribution in [3.05, 3.63) is 65.9 Å². The molecule has 3 amide bonds. The fourth-order valence-electron chi connectivity index (χ4n) is 3.56. The van der Waals surface area contributed by atoms with Crippen molar-refractivity contribution in [1.29, 1.82) is 0 Å². The zero-order valence-corrected chi connectivity index (χ0v) is 19.6. The van der Waals surface area contributed by atoms with Crippen LogP contribution in [0.25, 0.3) is 10.9 Å². The molecule has 0 aliphatic rings. The van der Waals surface area contributed by atoms with Gasteiger partial charge in [-0.3, -0.25) is 9.59 Å². The number of hydrogen-bond acceptors (Lipinski definition) is 5. The summed E-state index contributed by atoms with van der Waals surface area (Å²) in [5.74, 6) is -1.23. The minimum atomic E-state index is -0.997. The van der Waals surface area contributed by atoms with Gasteiger partial charge in [0.05, 0.1) is 0 Å². The predicted octanol–water partition coefficient (Wildman–Crippen LogP) is 2.40. The molecule has 2 aromatic carbocycles. The first-order valence-electron chi connectivity index (χ1n) is 11.0. The van der Waals surface area contributed by atoms with Crippen LogP contribution in [0.2, 0.25) is 0 Å². The predicted molar refractivity (Wildman–Crippen MR) is 131 cm³/mol. The van der Waals surface area contributed by atoms with E-state index in [2.05, 4.69) is 15.6 Å². The average Bonchev–Trinajstić information content (AvgIpc) is 3.16. The van der Waals surface area contributed by atoms with Gasteiger partial charge in [0, 0.05) is 35.6 Å². The molecule has 34 heavy (non-hydrogen) atoms. The Hall–Kier alpha value is -4.01. The summed E-state index contributed by atoms with van der Waals surface area (Å²) in [6, 6.07) is 12.6. The first-order valence-corrected chi connectivity index (χ1v) is 11.0. The third kappa shape index (κ3) is 6.74. The van der Waals surface area contributed by atoms with E-state index in [4.69, 9.17) is 16.2 Å². The fourth-order valence-corrected chi connectivity index (χ4v) is 3.56. The molecule has 3 aromatic rings. The molecule has 7 N–H and O–H groups in total. The summed E-state index contributed by atoms with van der Waals surface area (Å²) in [6.07, 6.45) is 1.42. The van der Waals surface area contributed by atoms with E-state index in [0.29, 0.717) is 5.69 Å². The maximum Gasteiger partial charge on any atom is 0.408 e. The molecule has 0 unspecified atom stereocenters. The number of para-hydroxylation sites is 1. The van der Waals surface area contributed by atoms with E-state index in [0.717, 1.165) is 22.0 Å². The normalized spacial score (nSPS) is 13.1. The summed E-state index contributed by atoms with van der Waals surface area (Å²) < 4.78 is 5.32. The summed E-state index contributed by atoms with van der Waals surface area (Å²) in [7, 11) is 0. The number of aromatic nitrogens is 1. The SMILES string of the molecule is CC(C)(C)OC(=O)N[C@@H](Cc1ccc(N)cc1)C(=O)N[C@@H](Cc1c[nH]c2ccccc12)C(N)=O. The van der Waals surface area contributed by atoms with E-state index in [-0.39, 0.29) is 12.8 Å². The highest BCUT2D eigenvalue weighted by Crippen LogP contribution is 2.19. The van der Waals surface area contributed by atoms with Crippen LogP contribution in [-0.4, -0.2) is 40.6 Å². The van der Waals surface area contributed by atoms with Crippen LogP contribution in [-0.2, 0) is 27.2 Å². The van der Waals surface area contributed by atoms with E-state index < -0.39 is 35.6 Å². The Morgan fingerprint density at radius 2 is 1.65 bits per heavy atom. The second-order valence-electron chi connectivity index (χ2n) is 9.17. The number of nitrogens with two attached hydrogens (primary N) is 2. The molecule has 1 aromatic heterocycles. The minimum absolute atomic E-state index is 0.171. The lowest BCUT2D eigenvalue weighted by Crippen LogP contribution is -2.54. The Labute approximate surface area is 198 Å². The number of nitrogens with one attached hydrogen (secondary N) is 3. The van der Waals surface area contributed by atoms with Gasteiger partial charge in [-0.05, 0) is 50.1 Å². The lowest BCUT2D eigenvalue weighted by Gasteiger charge is -2.25. The molecule has 9 heteroatoms. The number of carbonyl (C=O) groups is 3. The van der Waals surface area contributed by atoms with Crippen LogP contribution in [0, 0.1) is 0 Å². The quantitative estimate of drug-likeness (QED) is 0.323. The molecule has 180 valence electrons. The maximum atomic E-state index is 13.2. The standard InChI is InChI=1S/C25H31N5O4/c1-25(2,3)34-24(33)30-21(12-15-8-10-17(26)11-9-15)23(32)29-20(22(27)31)13-16-14-28-19-7-5-4-6-18(16)19/h4-11,14,20-21,28H,12-13,26H2,1-3H3,(H2,27,31)(H,29,32)(H,30,33)/t20-,21-/m0/s1. The van der Waals surface area contributed by atoms with Gasteiger partial charge in [-0.15, -0.1) is 0 Å². The number of ether oxygens (including phenoxy) is 1. The molecular formula is C25H31N5O4. The van der Waals surface area contributed by atoms with Crippen molar-refractivity contribution >= 4 is 34.5 Å². The minimum Gasteiger partial charge on any atom is -0.444 e. The van der Waals surface area contributed by atoms with Crippen LogP contribution < -0.4 is 22.1 Å². The fraction of sp³-hybridized carbons (Fsp3) is 0.320. The van der Waals surface area contributed by atoms with Crippen molar-refractivity contribution in [3.63, 3.8) is 0 Å². The van der Waals surface area contributed by atoms with Gasteiger partial charge in [0.1, 0.15) is 17.7 Å². The summed E-state index contributed by atoms with van der Waals surface area (Å²) in [6.45, 7) is 5.18. The second kappa shape index (κ2) is 10.3. The van der Waals surface area contributed by atoms with Gasteiger partial charge in [0.25, 0.3) is 0 Å². The third-order valence-electron chi connectivity index (χ3n) is 5.19. The van der Waals surface area contributed by atoms with Crippen LogP contribution in [0.3, 0.4) is 0 Å². The van der Waals surface area contributed by atoms with Crippen molar-refractivity contribution < 1.29 is 19.1 Å². The molecule has 0 saturated heterocycles. The topological polar surface area (TPSA) is 152 Å². The monoisotopic (exact) mass is 465 g/mol. The number of benzene rings is 2. The number of amides is 3. The van der Waals surface area contributed by atoms with Crippen LogP contribution in [0.1, 0.15) is 31.9 Å². The zero-order chi connectivity index (χ0) is 24.9. The number of primary amides is 1.